The second kappa shape index (κ2) is 9.90. The number of nitrogens with one attached hydrogen (secondary N) is 1. The van der Waals surface area contributed by atoms with Crippen molar-refractivity contribution in [1.29, 1.82) is 0 Å². The Kier molecular flexibility index (Phi) is 10.6. The number of carbonyl (C=O) groups excluding carboxylic acids is 1. The van der Waals surface area contributed by atoms with E-state index in [0.29, 0.717) is 12.0 Å². The lowest BCUT2D eigenvalue weighted by atomic mass is 10.4. The predicted octanol–water partition coefficient (Wildman–Crippen LogP) is -0.531. The minimum atomic E-state index is -4.44. The van der Waals surface area contributed by atoms with Crippen LogP contribution in [0.15, 0.2) is 12.2 Å². The highest BCUT2D eigenvalue weighted by atomic mass is 32.3. The molecule has 1 atom stereocenters. The lowest BCUT2D eigenvalue weighted by molar-refractivity contribution is -0.905. The number of ether oxygens (including phenoxy) is 1. The van der Waals surface area contributed by atoms with E-state index in [0.717, 1.165) is 4.90 Å². The van der Waals surface area contributed by atoms with E-state index in [-0.39, 0.29) is 18.8 Å². The van der Waals surface area contributed by atoms with E-state index in [1.54, 1.807) is 13.8 Å². The van der Waals surface area contributed by atoms with Crippen LogP contribution in [0.2, 0.25) is 0 Å². The van der Waals surface area contributed by atoms with Gasteiger partial charge in [0.15, 0.2) is 0 Å². The molecule has 0 aliphatic rings. The predicted molar refractivity (Wildman–Crippen MR) is 69.1 cm³/mol. The van der Waals surface area contributed by atoms with Gasteiger partial charge in [0.1, 0.15) is 0 Å². The summed E-state index contributed by atoms with van der Waals surface area (Å²) < 4.78 is 37.6. The summed E-state index contributed by atoms with van der Waals surface area (Å²) in [6.07, 6.45) is 0.417. The van der Waals surface area contributed by atoms with Crippen LogP contribution in [-0.2, 0) is 24.1 Å². The third kappa shape index (κ3) is 15.0. The van der Waals surface area contributed by atoms with E-state index in [2.05, 4.69) is 10.8 Å². The monoisotopic (exact) mass is 297 g/mol. The molecular weight excluding hydrogens is 274 g/mol. The normalized spacial score (nSPS) is 12.4. The molecule has 0 aromatic carbocycles. The highest BCUT2D eigenvalue weighted by Crippen LogP contribution is 1.92. The van der Waals surface area contributed by atoms with Gasteiger partial charge in [-0.2, -0.15) is 0 Å². The van der Waals surface area contributed by atoms with E-state index >= 15 is 0 Å². The molecule has 0 aliphatic carbocycles. The number of esters is 1. The molecule has 0 saturated heterocycles. The van der Waals surface area contributed by atoms with Crippen molar-refractivity contribution in [2.24, 2.45) is 0 Å². The summed E-state index contributed by atoms with van der Waals surface area (Å²) >= 11 is 0. The zero-order valence-electron chi connectivity index (χ0n) is 12.1. The third-order valence-corrected chi connectivity index (χ3v) is 2.33. The van der Waals surface area contributed by atoms with Gasteiger partial charge in [0.2, 0.25) is 16.6 Å². The highest BCUT2D eigenvalue weighted by Gasteiger charge is 2.13. The van der Waals surface area contributed by atoms with Crippen molar-refractivity contribution >= 4 is 16.4 Å². The van der Waals surface area contributed by atoms with Crippen LogP contribution in [-0.4, -0.2) is 45.9 Å². The van der Waals surface area contributed by atoms with Crippen molar-refractivity contribution in [1.82, 2.24) is 0 Å². The van der Waals surface area contributed by atoms with E-state index < -0.39 is 10.4 Å². The molecule has 19 heavy (non-hydrogen) atoms. The fourth-order valence-corrected chi connectivity index (χ4v) is 0.935. The van der Waals surface area contributed by atoms with Crippen LogP contribution in [0.4, 0.5) is 0 Å². The maximum absolute atomic E-state index is 10.9. The van der Waals surface area contributed by atoms with Crippen LogP contribution in [0.1, 0.15) is 27.2 Å². The first-order valence-corrected chi connectivity index (χ1v) is 7.11. The van der Waals surface area contributed by atoms with Crippen LogP contribution >= 0.6 is 0 Å². The molecule has 7 nitrogen and oxygen atoms in total. The Balaban J connectivity index is 0. The number of carbonyl (C=O) groups is 1. The van der Waals surface area contributed by atoms with Crippen molar-refractivity contribution in [3.8, 4) is 0 Å². The van der Waals surface area contributed by atoms with Crippen molar-refractivity contribution in [3.63, 3.8) is 0 Å². The summed E-state index contributed by atoms with van der Waals surface area (Å²) in [6, 6.07) is 0. The summed E-state index contributed by atoms with van der Waals surface area (Å²) in [4.78, 5) is 12.0. The van der Waals surface area contributed by atoms with E-state index in [9.17, 15) is 17.8 Å². The molecule has 0 aromatic rings. The molecule has 0 heterocycles. The second-order valence-electron chi connectivity index (χ2n) is 4.14. The smallest absolute Gasteiger partial charge is 0.337 e. The SMILES string of the molecule is C=C(C)C(=O)OC(C)[NH+](C)C.CCCOS(=O)(=O)[O-]. The Bertz CT molecular complexity index is 377. The first-order valence-electron chi connectivity index (χ1n) is 5.78. The van der Waals surface area contributed by atoms with E-state index in [1.165, 1.54) is 0 Å². The standard InChI is InChI=1S/C8H15NO2.C3H8O4S/c1-6(2)8(10)11-7(3)9(4)5;1-2-3-7-8(4,5)6/h7H,1H2,2-5H3;2-3H2,1H3,(H,4,5,6). The summed E-state index contributed by atoms with van der Waals surface area (Å²) in [7, 11) is -0.582. The minimum absolute atomic E-state index is 0.0220. The maximum Gasteiger partial charge on any atom is 0.337 e. The van der Waals surface area contributed by atoms with Gasteiger partial charge >= 0.3 is 5.97 Å². The molecule has 0 rings (SSSR count). The summed E-state index contributed by atoms with van der Waals surface area (Å²) in [5.41, 5.74) is 0.443. The number of hydrogen-bond donors (Lipinski definition) is 1. The van der Waals surface area contributed by atoms with E-state index in [1.807, 2.05) is 21.0 Å². The van der Waals surface area contributed by atoms with Crippen molar-refractivity contribution in [3.05, 3.63) is 12.2 Å². The number of rotatable bonds is 6. The lowest BCUT2D eigenvalue weighted by Crippen LogP contribution is -3.10. The summed E-state index contributed by atoms with van der Waals surface area (Å²) in [5.74, 6) is -0.321. The molecule has 1 unspecified atom stereocenters. The first kappa shape index (κ1) is 20.4. The molecule has 0 bridgehead atoms. The van der Waals surface area contributed by atoms with Gasteiger partial charge in [-0.25, -0.2) is 13.2 Å². The van der Waals surface area contributed by atoms with Crippen LogP contribution in [0.25, 0.3) is 0 Å². The molecule has 0 radical (unpaired) electrons. The zero-order valence-corrected chi connectivity index (χ0v) is 12.9. The van der Waals surface area contributed by atoms with Crippen molar-refractivity contribution in [2.75, 3.05) is 20.7 Å². The molecule has 8 heteroatoms. The Hall–Kier alpha value is -0.960. The lowest BCUT2D eigenvalue weighted by Gasteiger charge is -2.16. The Morgan fingerprint density at radius 2 is 1.89 bits per heavy atom. The third-order valence-electron chi connectivity index (χ3n) is 1.88. The Morgan fingerprint density at radius 3 is 2.11 bits per heavy atom. The molecule has 114 valence electrons. The van der Waals surface area contributed by atoms with Crippen LogP contribution < -0.4 is 4.90 Å². The molecule has 0 fully saturated rings. The maximum atomic E-state index is 10.9. The van der Waals surface area contributed by atoms with Gasteiger partial charge in [-0.15, -0.1) is 0 Å². The number of quaternary nitrogens is 1. The van der Waals surface area contributed by atoms with Gasteiger partial charge in [-0.05, 0) is 13.3 Å². The number of hydrogen-bond acceptors (Lipinski definition) is 6. The summed E-state index contributed by atoms with van der Waals surface area (Å²) in [5, 5.41) is 0. The Labute approximate surface area is 115 Å². The van der Waals surface area contributed by atoms with Gasteiger partial charge in [0, 0.05) is 12.5 Å². The average molecular weight is 297 g/mol. The fraction of sp³-hybridized carbons (Fsp3) is 0.727. The van der Waals surface area contributed by atoms with Gasteiger partial charge in [0.05, 0.1) is 20.7 Å². The Morgan fingerprint density at radius 1 is 1.42 bits per heavy atom. The average Bonchev–Trinajstić information content (AvgIpc) is 2.25. The molecule has 0 aromatic heterocycles. The molecule has 0 spiro atoms. The second-order valence-corrected chi connectivity index (χ2v) is 5.19. The molecule has 1 N–H and O–H groups in total. The first-order chi connectivity index (χ1) is 8.51. The quantitative estimate of drug-likeness (QED) is 0.233. The van der Waals surface area contributed by atoms with Crippen molar-refractivity contribution in [2.45, 2.75) is 33.4 Å². The van der Waals surface area contributed by atoms with Crippen LogP contribution in [0.5, 0.6) is 0 Å². The zero-order chi connectivity index (χ0) is 15.6. The van der Waals surface area contributed by atoms with Gasteiger partial charge < -0.3 is 14.2 Å². The van der Waals surface area contributed by atoms with Gasteiger partial charge in [0.25, 0.3) is 0 Å². The topological polar surface area (TPSA) is 97.2 Å². The van der Waals surface area contributed by atoms with Crippen molar-refractivity contribution < 1.29 is 31.6 Å². The molecule has 0 aliphatic heterocycles. The molecular formula is C11H23NO6S. The molecule has 0 amide bonds. The van der Waals surface area contributed by atoms with Crippen LogP contribution in [0, 0.1) is 0 Å². The largest absolute Gasteiger partial charge is 0.726 e. The van der Waals surface area contributed by atoms with Crippen LogP contribution in [0.3, 0.4) is 0 Å². The van der Waals surface area contributed by atoms with E-state index in [4.69, 9.17) is 4.74 Å². The van der Waals surface area contributed by atoms with Gasteiger partial charge in [-0.1, -0.05) is 13.5 Å². The van der Waals surface area contributed by atoms with Gasteiger partial charge in [-0.3, -0.25) is 4.18 Å². The minimum Gasteiger partial charge on any atom is -0.726 e. The fourth-order valence-electron chi connectivity index (χ4n) is 0.564. The summed E-state index contributed by atoms with van der Waals surface area (Å²) in [6.45, 7) is 8.66. The highest BCUT2D eigenvalue weighted by molar-refractivity contribution is 7.80. The molecule has 0 saturated carbocycles.